The molecule has 1 aromatic carbocycles. The lowest BCUT2D eigenvalue weighted by Crippen LogP contribution is -2.49. The van der Waals surface area contributed by atoms with E-state index in [1.54, 1.807) is 0 Å². The van der Waals surface area contributed by atoms with Crippen LogP contribution in [0.5, 0.6) is 0 Å². The van der Waals surface area contributed by atoms with Crippen molar-refractivity contribution in [3.05, 3.63) is 35.9 Å². The van der Waals surface area contributed by atoms with E-state index in [4.69, 9.17) is 5.11 Å². The van der Waals surface area contributed by atoms with Gasteiger partial charge in [0, 0.05) is 6.54 Å². The zero-order valence-corrected chi connectivity index (χ0v) is 13.7. The number of aliphatic carboxylic acids is 1. The fraction of sp³-hybridized carbons (Fsp3) is 0.579. The number of carbonyl (C=O) groups excluding carboxylic acids is 1. The standard InChI is InChI=1S/C19H25NO3/c1-2-20(13-17(21)22)18(23)19(11-14-6-4-3-5-7-14)12-15-8-9-16(19)10-15/h3-7,15-16H,2,8-13H2,1H3,(H,21,22). The second-order valence-corrected chi connectivity index (χ2v) is 7.11. The highest BCUT2D eigenvalue weighted by atomic mass is 16.4. The second kappa shape index (κ2) is 6.34. The normalized spacial score (nSPS) is 28.7. The van der Waals surface area contributed by atoms with E-state index in [9.17, 15) is 9.59 Å². The number of amides is 1. The van der Waals surface area contributed by atoms with Crippen molar-refractivity contribution in [2.75, 3.05) is 13.1 Å². The van der Waals surface area contributed by atoms with Gasteiger partial charge in [-0.15, -0.1) is 0 Å². The summed E-state index contributed by atoms with van der Waals surface area (Å²) in [5.41, 5.74) is 0.787. The average molecular weight is 315 g/mol. The van der Waals surface area contributed by atoms with Gasteiger partial charge in [0.2, 0.25) is 5.91 Å². The molecule has 0 aliphatic heterocycles. The van der Waals surface area contributed by atoms with Crippen molar-refractivity contribution in [3.63, 3.8) is 0 Å². The first-order valence-corrected chi connectivity index (χ1v) is 8.60. The van der Waals surface area contributed by atoms with Crippen molar-refractivity contribution >= 4 is 11.9 Å². The fourth-order valence-corrected chi connectivity index (χ4v) is 4.76. The van der Waals surface area contributed by atoms with Gasteiger partial charge in [-0.25, -0.2) is 0 Å². The van der Waals surface area contributed by atoms with Crippen LogP contribution >= 0.6 is 0 Å². The summed E-state index contributed by atoms with van der Waals surface area (Å²) in [7, 11) is 0. The number of fused-ring (bicyclic) bond motifs is 2. The van der Waals surface area contributed by atoms with Crippen molar-refractivity contribution in [2.24, 2.45) is 17.3 Å². The van der Waals surface area contributed by atoms with Gasteiger partial charge in [0.1, 0.15) is 6.54 Å². The summed E-state index contributed by atoms with van der Waals surface area (Å²) in [4.78, 5) is 25.9. The lowest BCUT2D eigenvalue weighted by molar-refractivity contribution is -0.152. The van der Waals surface area contributed by atoms with E-state index in [0.29, 0.717) is 18.4 Å². The summed E-state index contributed by atoms with van der Waals surface area (Å²) in [5.74, 6) is 0.163. The Balaban J connectivity index is 1.89. The van der Waals surface area contributed by atoms with Crippen molar-refractivity contribution in [1.29, 1.82) is 0 Å². The summed E-state index contributed by atoms with van der Waals surface area (Å²) in [5, 5.41) is 9.12. The van der Waals surface area contributed by atoms with Gasteiger partial charge in [0.15, 0.2) is 0 Å². The molecule has 3 atom stereocenters. The SMILES string of the molecule is CCN(CC(=O)O)C(=O)C1(Cc2ccccc2)CC2CCC1C2. The van der Waals surface area contributed by atoms with Gasteiger partial charge >= 0.3 is 5.97 Å². The first kappa shape index (κ1) is 16.0. The molecule has 0 aromatic heterocycles. The summed E-state index contributed by atoms with van der Waals surface area (Å²) in [6.07, 6.45) is 5.11. The number of benzene rings is 1. The molecule has 1 amide bonds. The Bertz CT molecular complexity index is 586. The van der Waals surface area contributed by atoms with Gasteiger partial charge in [0.25, 0.3) is 0 Å². The molecule has 2 aliphatic carbocycles. The predicted molar refractivity (Wildman–Crippen MR) is 87.9 cm³/mol. The maximum Gasteiger partial charge on any atom is 0.323 e. The van der Waals surface area contributed by atoms with Crippen LogP contribution in [0.4, 0.5) is 0 Å². The monoisotopic (exact) mass is 315 g/mol. The molecular weight excluding hydrogens is 290 g/mol. The zero-order chi connectivity index (χ0) is 16.4. The van der Waals surface area contributed by atoms with Gasteiger partial charge in [-0.1, -0.05) is 36.8 Å². The Kier molecular flexibility index (Phi) is 4.42. The minimum Gasteiger partial charge on any atom is -0.480 e. The van der Waals surface area contributed by atoms with Crippen LogP contribution in [0, 0.1) is 17.3 Å². The number of carboxylic acid groups (broad SMARTS) is 1. The molecule has 2 bridgehead atoms. The Morgan fingerprint density at radius 3 is 2.52 bits per heavy atom. The van der Waals surface area contributed by atoms with E-state index in [1.807, 2.05) is 25.1 Å². The maximum absolute atomic E-state index is 13.3. The molecule has 124 valence electrons. The van der Waals surface area contributed by atoms with E-state index in [0.717, 1.165) is 25.7 Å². The second-order valence-electron chi connectivity index (χ2n) is 7.11. The number of rotatable bonds is 6. The average Bonchev–Trinajstić information content (AvgIpc) is 3.14. The van der Waals surface area contributed by atoms with Gasteiger partial charge in [0.05, 0.1) is 5.41 Å². The summed E-state index contributed by atoms with van der Waals surface area (Å²) in [6, 6.07) is 10.2. The highest BCUT2D eigenvalue weighted by Crippen LogP contribution is 2.58. The molecule has 4 nitrogen and oxygen atoms in total. The van der Waals surface area contributed by atoms with E-state index >= 15 is 0 Å². The maximum atomic E-state index is 13.3. The molecule has 4 heteroatoms. The van der Waals surface area contributed by atoms with E-state index in [2.05, 4.69) is 12.1 Å². The van der Waals surface area contributed by atoms with Crippen LogP contribution in [-0.4, -0.2) is 35.0 Å². The molecule has 3 unspecified atom stereocenters. The molecule has 2 fully saturated rings. The largest absolute Gasteiger partial charge is 0.480 e. The van der Waals surface area contributed by atoms with Crippen LogP contribution in [0.2, 0.25) is 0 Å². The molecule has 3 rings (SSSR count). The van der Waals surface area contributed by atoms with E-state index in [-0.39, 0.29) is 12.5 Å². The lowest BCUT2D eigenvalue weighted by atomic mass is 9.68. The van der Waals surface area contributed by atoms with Crippen molar-refractivity contribution < 1.29 is 14.7 Å². The molecule has 0 radical (unpaired) electrons. The van der Waals surface area contributed by atoms with Crippen LogP contribution in [-0.2, 0) is 16.0 Å². The van der Waals surface area contributed by atoms with Crippen molar-refractivity contribution in [1.82, 2.24) is 4.90 Å². The first-order chi connectivity index (χ1) is 11.0. The Morgan fingerprint density at radius 1 is 1.26 bits per heavy atom. The Hall–Kier alpha value is -1.84. The van der Waals surface area contributed by atoms with Crippen LogP contribution in [0.1, 0.15) is 38.2 Å². The molecule has 1 aromatic rings. The van der Waals surface area contributed by atoms with Gasteiger partial charge < -0.3 is 10.0 Å². The third-order valence-electron chi connectivity index (χ3n) is 5.76. The smallest absolute Gasteiger partial charge is 0.323 e. The fourth-order valence-electron chi connectivity index (χ4n) is 4.76. The summed E-state index contributed by atoms with van der Waals surface area (Å²) < 4.78 is 0. The zero-order valence-electron chi connectivity index (χ0n) is 13.7. The topological polar surface area (TPSA) is 57.6 Å². The number of hydrogen-bond donors (Lipinski definition) is 1. The molecule has 23 heavy (non-hydrogen) atoms. The van der Waals surface area contributed by atoms with E-state index in [1.165, 1.54) is 16.9 Å². The molecule has 2 saturated carbocycles. The van der Waals surface area contributed by atoms with Gasteiger partial charge in [-0.2, -0.15) is 0 Å². The molecule has 0 heterocycles. The number of likely N-dealkylation sites (N-methyl/N-ethyl adjacent to an activating group) is 1. The van der Waals surface area contributed by atoms with E-state index < -0.39 is 11.4 Å². The molecule has 1 N–H and O–H groups in total. The van der Waals surface area contributed by atoms with Crippen LogP contribution in [0.3, 0.4) is 0 Å². The lowest BCUT2D eigenvalue weighted by Gasteiger charge is -2.40. The van der Waals surface area contributed by atoms with Crippen molar-refractivity contribution in [3.8, 4) is 0 Å². The number of carboxylic acids is 1. The summed E-state index contributed by atoms with van der Waals surface area (Å²) in [6.45, 7) is 2.13. The molecular formula is C19H25NO3. The van der Waals surface area contributed by atoms with Crippen LogP contribution < -0.4 is 0 Å². The van der Waals surface area contributed by atoms with Crippen LogP contribution in [0.15, 0.2) is 30.3 Å². The van der Waals surface area contributed by atoms with Gasteiger partial charge in [-0.3, -0.25) is 9.59 Å². The quantitative estimate of drug-likeness (QED) is 0.878. The third kappa shape index (κ3) is 2.99. The number of carbonyl (C=O) groups is 2. The molecule has 2 aliphatic rings. The first-order valence-electron chi connectivity index (χ1n) is 8.60. The highest BCUT2D eigenvalue weighted by Gasteiger charge is 2.56. The van der Waals surface area contributed by atoms with Crippen molar-refractivity contribution in [2.45, 2.75) is 39.0 Å². The minimum atomic E-state index is -0.932. The predicted octanol–water partition coefficient (Wildman–Crippen LogP) is 2.97. The van der Waals surface area contributed by atoms with Gasteiger partial charge in [-0.05, 0) is 50.0 Å². The minimum absolute atomic E-state index is 0.0541. The van der Waals surface area contributed by atoms with Crippen LogP contribution in [0.25, 0.3) is 0 Å². The molecule has 0 saturated heterocycles. The number of hydrogen-bond acceptors (Lipinski definition) is 2. The third-order valence-corrected chi connectivity index (χ3v) is 5.76. The number of nitrogens with zero attached hydrogens (tertiary/aromatic N) is 1. The highest BCUT2D eigenvalue weighted by molar-refractivity contribution is 5.87. The summed E-state index contributed by atoms with van der Waals surface area (Å²) >= 11 is 0. The Morgan fingerprint density at radius 2 is 2.00 bits per heavy atom. The molecule has 0 spiro atoms. The Labute approximate surface area is 137 Å².